The predicted octanol–water partition coefficient (Wildman–Crippen LogP) is 19.1. The number of benzene rings is 6. The number of hydrogen-bond donors (Lipinski definition) is 0. The zero-order valence-corrected chi connectivity index (χ0v) is 52.7. The van der Waals surface area contributed by atoms with E-state index in [2.05, 4.69) is 181 Å². The number of rotatable bonds is 42. The number of nitrogens with zero attached hydrogens (tertiary/aromatic N) is 2. The van der Waals surface area contributed by atoms with Gasteiger partial charge in [-0.3, -0.25) is 0 Å². The van der Waals surface area contributed by atoms with Crippen LogP contribution < -0.4 is 9.80 Å². The highest BCUT2D eigenvalue weighted by Crippen LogP contribution is 2.42. The molecule has 6 atom stereocenters. The second kappa shape index (κ2) is 33.2. The normalized spacial score (nSPS) is 18.1. The van der Waals surface area contributed by atoms with Gasteiger partial charge in [0.2, 0.25) is 0 Å². The highest BCUT2D eigenvalue weighted by Gasteiger charge is 2.27. The van der Waals surface area contributed by atoms with Crippen LogP contribution in [0.3, 0.4) is 0 Å². The fourth-order valence-electron chi connectivity index (χ4n) is 11.6. The average molecular weight is 1200 g/mol. The van der Waals surface area contributed by atoms with Crippen molar-refractivity contribution in [2.24, 2.45) is 0 Å². The van der Waals surface area contributed by atoms with E-state index in [0.717, 1.165) is 138 Å². The van der Waals surface area contributed by atoms with Crippen molar-refractivity contribution >= 4 is 45.5 Å². The van der Waals surface area contributed by atoms with Gasteiger partial charge in [0.25, 0.3) is 0 Å². The molecule has 0 amide bonds. The molecule has 4 aliphatic rings. The summed E-state index contributed by atoms with van der Waals surface area (Å²) in [4.78, 5) is 7.26. The number of epoxide rings is 4. The molecule has 10 nitrogen and oxygen atoms in total. The van der Waals surface area contributed by atoms with Crippen LogP contribution >= 0.6 is 11.3 Å². The lowest BCUT2D eigenvalue weighted by Gasteiger charge is -2.27. The minimum atomic E-state index is 0.0584. The summed E-state index contributed by atoms with van der Waals surface area (Å²) in [6, 6.07) is 59.4. The third-order valence-electron chi connectivity index (χ3n) is 17.2. The molecule has 462 valence electrons. The van der Waals surface area contributed by atoms with Gasteiger partial charge in [-0.2, -0.15) is 0 Å². The second-order valence-electron chi connectivity index (χ2n) is 24.4. The third kappa shape index (κ3) is 19.9. The van der Waals surface area contributed by atoms with E-state index in [1.54, 1.807) is 0 Å². The maximum atomic E-state index is 6.49. The van der Waals surface area contributed by atoms with Crippen molar-refractivity contribution in [3.8, 4) is 20.9 Å². The van der Waals surface area contributed by atoms with Gasteiger partial charge in [0.05, 0.1) is 65.1 Å². The Balaban J connectivity index is 0.780. The maximum absolute atomic E-state index is 6.49. The molecule has 0 bridgehead atoms. The number of unbranched alkanes of at least 4 members (excludes halogenated alkanes) is 10. The molecule has 11 heteroatoms. The minimum absolute atomic E-state index is 0.0584. The Kier molecular flexibility index (Phi) is 24.0. The first-order valence-corrected chi connectivity index (χ1v) is 34.0. The van der Waals surface area contributed by atoms with Gasteiger partial charge in [0, 0.05) is 57.1 Å². The molecule has 0 N–H and O–H groups in total. The van der Waals surface area contributed by atoms with Crippen molar-refractivity contribution in [2.45, 2.75) is 166 Å². The second-order valence-corrected chi connectivity index (χ2v) is 25.5. The topological polar surface area (TPSA) is 93.5 Å². The van der Waals surface area contributed by atoms with E-state index < -0.39 is 0 Å². The van der Waals surface area contributed by atoms with Gasteiger partial charge < -0.3 is 47.7 Å². The van der Waals surface area contributed by atoms with Crippen LogP contribution in [0.4, 0.5) is 34.1 Å². The van der Waals surface area contributed by atoms with E-state index in [0.29, 0.717) is 25.4 Å². The first-order chi connectivity index (χ1) is 43.0. The van der Waals surface area contributed by atoms with Crippen LogP contribution in [-0.4, -0.2) is 90.5 Å². The number of thiophene rings is 1. The molecule has 1 aromatic heterocycles. The monoisotopic (exact) mass is 1190 g/mol. The maximum Gasteiger partial charge on any atom is 0.104 e. The highest BCUT2D eigenvalue weighted by molar-refractivity contribution is 7.18. The Labute approximate surface area is 523 Å². The summed E-state index contributed by atoms with van der Waals surface area (Å²) in [5.41, 5.74) is 14.4. The van der Waals surface area contributed by atoms with Crippen LogP contribution in [0.15, 0.2) is 158 Å². The molecule has 0 aliphatic carbocycles. The van der Waals surface area contributed by atoms with Gasteiger partial charge in [-0.15, -0.1) is 11.3 Å². The largest absolute Gasteiger partial charge is 0.379 e. The summed E-state index contributed by atoms with van der Waals surface area (Å²) < 4.78 is 46.1. The lowest BCUT2D eigenvalue weighted by molar-refractivity contribution is 0.0347. The van der Waals surface area contributed by atoms with Crippen LogP contribution in [0.5, 0.6) is 0 Å². The van der Waals surface area contributed by atoms with E-state index in [4.69, 9.17) is 37.9 Å². The SMILES string of the molecule is CCCCCC(OCC1CO1)c1ccc(N(c2ccc(CCCCCCOCC3CO3)cc2)c2ccc(-c3ccc(-c4ccc(N(c5ccc(CCCCCCOCC6CO6)cc5)c5ccc(C(CCCCC)OCC6CO6)cc5)cc4)s3)cc2)cc1. The molecule has 5 heterocycles. The molecule has 4 saturated heterocycles. The first-order valence-electron chi connectivity index (χ1n) is 33.2. The molecule has 87 heavy (non-hydrogen) atoms. The van der Waals surface area contributed by atoms with Crippen LogP contribution in [-0.2, 0) is 50.7 Å². The van der Waals surface area contributed by atoms with Gasteiger partial charge in [0.15, 0.2) is 0 Å². The summed E-state index contributed by atoms with van der Waals surface area (Å²) >= 11 is 1.84. The number of hydrogen-bond acceptors (Lipinski definition) is 11. The Morgan fingerprint density at radius 1 is 0.368 bits per heavy atom. The van der Waals surface area contributed by atoms with Crippen LogP contribution in [0.25, 0.3) is 20.9 Å². The van der Waals surface area contributed by atoms with E-state index in [1.807, 2.05) is 11.3 Å². The van der Waals surface area contributed by atoms with Gasteiger partial charge in [-0.25, -0.2) is 0 Å². The number of anilines is 6. The van der Waals surface area contributed by atoms with E-state index in [1.165, 1.54) is 107 Å². The zero-order chi connectivity index (χ0) is 59.2. The van der Waals surface area contributed by atoms with Crippen molar-refractivity contribution < 1.29 is 37.9 Å². The zero-order valence-electron chi connectivity index (χ0n) is 51.8. The first kappa shape index (κ1) is 62.9. The van der Waals surface area contributed by atoms with Crippen LogP contribution in [0.1, 0.15) is 151 Å². The van der Waals surface area contributed by atoms with Crippen LogP contribution in [0, 0.1) is 0 Å². The summed E-state index contributed by atoms with van der Waals surface area (Å²) in [5.74, 6) is 0. The summed E-state index contributed by atoms with van der Waals surface area (Å²) in [7, 11) is 0. The Bertz CT molecular complexity index is 2860. The quantitative estimate of drug-likeness (QED) is 0.0272. The fraction of sp³-hybridized carbons (Fsp3) is 0.474. The smallest absolute Gasteiger partial charge is 0.104 e. The molecule has 6 aromatic carbocycles. The summed E-state index contributed by atoms with van der Waals surface area (Å²) in [6.07, 6.45) is 21.9. The molecule has 4 fully saturated rings. The molecule has 7 aromatic rings. The van der Waals surface area contributed by atoms with Crippen molar-refractivity contribution in [2.75, 3.05) is 75.9 Å². The van der Waals surface area contributed by atoms with Gasteiger partial charge in [0.1, 0.15) is 24.4 Å². The third-order valence-corrected chi connectivity index (χ3v) is 18.4. The number of aryl methyl sites for hydroxylation is 2. The Morgan fingerprint density at radius 2 is 0.690 bits per heavy atom. The molecule has 4 aliphatic heterocycles. The molecular formula is C76H94N2O8S. The molecule has 0 spiro atoms. The van der Waals surface area contributed by atoms with Crippen molar-refractivity contribution in [3.63, 3.8) is 0 Å². The molecule has 6 unspecified atom stereocenters. The lowest BCUT2D eigenvalue weighted by Crippen LogP contribution is -2.12. The minimum Gasteiger partial charge on any atom is -0.379 e. The fourth-order valence-corrected chi connectivity index (χ4v) is 12.6. The van der Waals surface area contributed by atoms with Crippen LogP contribution in [0.2, 0.25) is 0 Å². The van der Waals surface area contributed by atoms with Gasteiger partial charge in [-0.1, -0.05) is 151 Å². The predicted molar refractivity (Wildman–Crippen MR) is 355 cm³/mol. The lowest BCUT2D eigenvalue weighted by atomic mass is 10.0. The molecule has 0 radical (unpaired) electrons. The average Bonchev–Trinajstić information content (AvgIpc) is 3.31. The molecule has 11 rings (SSSR count). The van der Waals surface area contributed by atoms with E-state index >= 15 is 0 Å². The molecular weight excluding hydrogens is 1100 g/mol. The van der Waals surface area contributed by atoms with Gasteiger partial charge >= 0.3 is 0 Å². The highest BCUT2D eigenvalue weighted by atomic mass is 32.1. The van der Waals surface area contributed by atoms with Gasteiger partial charge in [-0.05, 0) is 170 Å². The van der Waals surface area contributed by atoms with Crippen molar-refractivity contribution in [3.05, 3.63) is 180 Å². The Hall–Kier alpha value is -5.70. The van der Waals surface area contributed by atoms with Crippen molar-refractivity contribution in [1.82, 2.24) is 0 Å². The molecule has 0 saturated carbocycles. The number of ether oxygens (including phenoxy) is 8. The Morgan fingerprint density at radius 3 is 1.03 bits per heavy atom. The standard InChI is InChI=1S/C76H94N2O8S/c1-3-5-11-19-73(85-55-71-53-83-71)59-25-37-65(38-26-59)77(63-33-21-57(22-34-63)17-13-7-9-15-47-79-49-69-51-81-69)67-41-29-61(30-42-67)75-45-46-76(87-75)62-31-43-68(44-32-62)78(64-35-23-58(24-36-64)18-14-8-10-16-48-80-50-70-52-82-70)66-39-27-60(28-40-66)74(20-12-6-4-2)86-56-72-54-84-72/h21-46,69-74H,3-20,47-56H2,1-2H3. The van der Waals surface area contributed by atoms with E-state index in [-0.39, 0.29) is 24.4 Å². The summed E-state index contributed by atoms with van der Waals surface area (Å²) in [5, 5.41) is 0. The summed E-state index contributed by atoms with van der Waals surface area (Å²) in [6.45, 7) is 12.3. The van der Waals surface area contributed by atoms with E-state index in [9.17, 15) is 0 Å². The van der Waals surface area contributed by atoms with Crippen molar-refractivity contribution in [1.29, 1.82) is 0 Å².